The molecule has 6 nitrogen and oxygen atoms in total. The van der Waals surface area contributed by atoms with Crippen LogP contribution in [-0.2, 0) is 17.8 Å². The number of hydrogen-bond acceptors (Lipinski definition) is 5. The molecule has 0 saturated carbocycles. The van der Waals surface area contributed by atoms with Gasteiger partial charge in [-0.1, -0.05) is 24.3 Å². The average molecular weight is 408 g/mol. The average Bonchev–Trinajstić information content (AvgIpc) is 2.76. The van der Waals surface area contributed by atoms with Gasteiger partial charge in [-0.2, -0.15) is 0 Å². The van der Waals surface area contributed by atoms with Gasteiger partial charge in [0.25, 0.3) is 5.56 Å². The zero-order valence-electron chi connectivity index (χ0n) is 17.8. The smallest absolute Gasteiger partial charge is 0.261 e. The Morgan fingerprint density at radius 2 is 1.90 bits per heavy atom. The number of rotatable bonds is 7. The van der Waals surface area contributed by atoms with Crippen LogP contribution >= 0.6 is 0 Å². The second-order valence-electron chi connectivity index (χ2n) is 7.86. The third kappa shape index (κ3) is 4.71. The fourth-order valence-corrected chi connectivity index (χ4v) is 3.79. The van der Waals surface area contributed by atoms with Crippen LogP contribution in [0.4, 0.5) is 0 Å². The largest absolute Gasteiger partial charge is 0.493 e. The molecule has 0 unspecified atom stereocenters. The monoisotopic (exact) mass is 407 g/mol. The number of hydrogen-bond donors (Lipinski definition) is 0. The van der Waals surface area contributed by atoms with Gasteiger partial charge < -0.3 is 9.47 Å². The lowest BCUT2D eigenvalue weighted by Gasteiger charge is -2.27. The maximum atomic E-state index is 13.2. The molecule has 1 saturated heterocycles. The van der Waals surface area contributed by atoms with E-state index >= 15 is 0 Å². The van der Waals surface area contributed by atoms with Crippen molar-refractivity contribution in [3.8, 4) is 5.75 Å². The molecule has 0 radical (unpaired) electrons. The Labute approximate surface area is 177 Å². The number of morpholine rings is 1. The van der Waals surface area contributed by atoms with Crippen molar-refractivity contribution in [2.45, 2.75) is 33.4 Å². The Morgan fingerprint density at radius 3 is 2.73 bits per heavy atom. The van der Waals surface area contributed by atoms with Gasteiger partial charge in [0.1, 0.15) is 11.6 Å². The Bertz CT molecular complexity index is 1070. The van der Waals surface area contributed by atoms with Crippen molar-refractivity contribution < 1.29 is 9.47 Å². The Morgan fingerprint density at radius 1 is 1.10 bits per heavy atom. The molecular formula is C24H29N3O3. The maximum absolute atomic E-state index is 13.2. The van der Waals surface area contributed by atoms with E-state index in [0.29, 0.717) is 25.1 Å². The zero-order chi connectivity index (χ0) is 20.9. The molecule has 0 amide bonds. The van der Waals surface area contributed by atoms with E-state index in [2.05, 4.69) is 30.0 Å². The molecular weight excluding hydrogens is 378 g/mol. The van der Waals surface area contributed by atoms with E-state index in [1.165, 1.54) is 5.56 Å². The number of nitrogens with zero attached hydrogens (tertiary/aromatic N) is 3. The van der Waals surface area contributed by atoms with Crippen molar-refractivity contribution in [1.82, 2.24) is 14.5 Å². The first-order valence-corrected chi connectivity index (χ1v) is 10.6. The molecule has 1 aliphatic heterocycles. The molecule has 2 heterocycles. The third-order valence-electron chi connectivity index (χ3n) is 5.54. The summed E-state index contributed by atoms with van der Waals surface area (Å²) >= 11 is 0. The van der Waals surface area contributed by atoms with Crippen molar-refractivity contribution in [2.24, 2.45) is 0 Å². The van der Waals surface area contributed by atoms with Gasteiger partial charge in [0.05, 0.1) is 37.3 Å². The first kappa shape index (κ1) is 20.6. The standard InChI is InChI=1S/C24H29N3O3/c1-18-8-9-19(2)22(16-18)30-13-5-10-27-23(17-26-11-14-29-15-12-26)25-21-7-4-3-6-20(21)24(27)28/h3-4,6-9,16H,5,10-15,17H2,1-2H3. The molecule has 0 N–H and O–H groups in total. The lowest BCUT2D eigenvalue weighted by atomic mass is 10.1. The molecule has 1 aromatic heterocycles. The summed E-state index contributed by atoms with van der Waals surface area (Å²) in [6, 6.07) is 13.8. The maximum Gasteiger partial charge on any atom is 0.261 e. The normalized spacial score (nSPS) is 14.9. The minimum atomic E-state index is 0.0237. The van der Waals surface area contributed by atoms with Crippen LogP contribution in [0.15, 0.2) is 47.3 Å². The van der Waals surface area contributed by atoms with E-state index in [9.17, 15) is 4.79 Å². The van der Waals surface area contributed by atoms with Gasteiger partial charge in [-0.05, 0) is 49.6 Å². The van der Waals surface area contributed by atoms with E-state index in [4.69, 9.17) is 14.5 Å². The molecule has 158 valence electrons. The Hall–Kier alpha value is -2.70. The molecule has 1 aliphatic rings. The van der Waals surface area contributed by atoms with Gasteiger partial charge in [0, 0.05) is 19.6 Å². The molecule has 6 heteroatoms. The fourth-order valence-electron chi connectivity index (χ4n) is 3.79. The number of para-hydroxylation sites is 1. The van der Waals surface area contributed by atoms with Gasteiger partial charge in [-0.15, -0.1) is 0 Å². The van der Waals surface area contributed by atoms with Crippen LogP contribution < -0.4 is 10.3 Å². The van der Waals surface area contributed by atoms with Crippen molar-refractivity contribution in [1.29, 1.82) is 0 Å². The molecule has 3 aromatic rings. The SMILES string of the molecule is Cc1ccc(C)c(OCCCn2c(CN3CCOCC3)nc3ccccc3c2=O)c1. The predicted molar refractivity (Wildman–Crippen MR) is 118 cm³/mol. The highest BCUT2D eigenvalue weighted by molar-refractivity contribution is 5.77. The van der Waals surface area contributed by atoms with Crippen LogP contribution in [0.2, 0.25) is 0 Å². The summed E-state index contributed by atoms with van der Waals surface area (Å²) in [6.07, 6.45) is 0.740. The number of fused-ring (bicyclic) bond motifs is 1. The van der Waals surface area contributed by atoms with Crippen molar-refractivity contribution in [2.75, 3.05) is 32.9 Å². The summed E-state index contributed by atoms with van der Waals surface area (Å²) < 4.78 is 13.3. The highest BCUT2D eigenvalue weighted by atomic mass is 16.5. The molecule has 2 aromatic carbocycles. The lowest BCUT2D eigenvalue weighted by Crippen LogP contribution is -2.38. The highest BCUT2D eigenvalue weighted by Crippen LogP contribution is 2.19. The second kappa shape index (κ2) is 9.41. The first-order chi connectivity index (χ1) is 14.6. The van der Waals surface area contributed by atoms with E-state index < -0.39 is 0 Å². The number of benzene rings is 2. The van der Waals surface area contributed by atoms with Crippen LogP contribution in [0.5, 0.6) is 5.75 Å². The van der Waals surface area contributed by atoms with Gasteiger partial charge in [-0.25, -0.2) is 4.98 Å². The van der Waals surface area contributed by atoms with Gasteiger partial charge in [0.15, 0.2) is 0 Å². The Balaban J connectivity index is 1.52. The van der Waals surface area contributed by atoms with E-state index in [-0.39, 0.29) is 5.56 Å². The quantitative estimate of drug-likeness (QED) is 0.563. The molecule has 0 spiro atoms. The molecule has 4 rings (SSSR count). The third-order valence-corrected chi connectivity index (χ3v) is 5.54. The first-order valence-electron chi connectivity index (χ1n) is 10.6. The predicted octanol–water partition coefficient (Wildman–Crippen LogP) is 3.31. The summed E-state index contributed by atoms with van der Waals surface area (Å²) in [7, 11) is 0. The summed E-state index contributed by atoms with van der Waals surface area (Å²) in [5.41, 5.74) is 3.08. The summed E-state index contributed by atoms with van der Waals surface area (Å²) in [4.78, 5) is 20.3. The number of aromatic nitrogens is 2. The van der Waals surface area contributed by atoms with Gasteiger partial charge >= 0.3 is 0 Å². The zero-order valence-corrected chi connectivity index (χ0v) is 17.8. The van der Waals surface area contributed by atoms with Gasteiger partial charge in [0.2, 0.25) is 0 Å². The minimum absolute atomic E-state index is 0.0237. The molecule has 30 heavy (non-hydrogen) atoms. The van der Waals surface area contributed by atoms with Crippen LogP contribution in [0.25, 0.3) is 10.9 Å². The summed E-state index contributed by atoms with van der Waals surface area (Å²) in [5.74, 6) is 1.72. The van der Waals surface area contributed by atoms with Crippen molar-refractivity contribution in [3.05, 3.63) is 69.8 Å². The molecule has 1 fully saturated rings. The van der Waals surface area contributed by atoms with Crippen molar-refractivity contribution in [3.63, 3.8) is 0 Å². The summed E-state index contributed by atoms with van der Waals surface area (Å²) in [6.45, 7) is 9.07. The second-order valence-corrected chi connectivity index (χ2v) is 7.86. The lowest BCUT2D eigenvalue weighted by molar-refractivity contribution is 0.0324. The van der Waals surface area contributed by atoms with Crippen LogP contribution in [-0.4, -0.2) is 47.4 Å². The van der Waals surface area contributed by atoms with Gasteiger partial charge in [-0.3, -0.25) is 14.3 Å². The number of ether oxygens (including phenoxy) is 2. The molecule has 0 bridgehead atoms. The molecule has 0 aliphatic carbocycles. The summed E-state index contributed by atoms with van der Waals surface area (Å²) in [5, 5.41) is 0.665. The highest BCUT2D eigenvalue weighted by Gasteiger charge is 2.16. The number of aryl methyl sites for hydroxylation is 2. The van der Waals surface area contributed by atoms with Crippen LogP contribution in [0.3, 0.4) is 0 Å². The van der Waals surface area contributed by atoms with E-state index in [1.54, 1.807) is 0 Å². The fraction of sp³-hybridized carbons (Fsp3) is 0.417. The van der Waals surface area contributed by atoms with Crippen LogP contribution in [0.1, 0.15) is 23.4 Å². The molecule has 0 atom stereocenters. The minimum Gasteiger partial charge on any atom is -0.493 e. The topological polar surface area (TPSA) is 56.6 Å². The Kier molecular flexibility index (Phi) is 6.45. The van der Waals surface area contributed by atoms with Crippen molar-refractivity contribution >= 4 is 10.9 Å². The van der Waals surface area contributed by atoms with E-state index in [0.717, 1.165) is 55.4 Å². The van der Waals surface area contributed by atoms with E-state index in [1.807, 2.05) is 35.8 Å². The van der Waals surface area contributed by atoms with Crippen LogP contribution in [0, 0.1) is 13.8 Å².